The molecule has 0 fully saturated rings. The van der Waals surface area contributed by atoms with E-state index in [1.807, 2.05) is 13.8 Å². The van der Waals surface area contributed by atoms with Gasteiger partial charge >= 0.3 is 0 Å². The molecule has 0 aliphatic carbocycles. The second-order valence-electron chi connectivity index (χ2n) is 2.95. The molecule has 0 unspecified atom stereocenters. The number of amides is 1. The number of nitrogens with one attached hydrogen (secondary N) is 1. The van der Waals surface area contributed by atoms with E-state index in [1.54, 1.807) is 6.08 Å². The minimum atomic E-state index is -0.144. The van der Waals surface area contributed by atoms with Crippen molar-refractivity contribution in [2.24, 2.45) is 9.98 Å². The van der Waals surface area contributed by atoms with Gasteiger partial charge in [0.25, 0.3) is 0 Å². The summed E-state index contributed by atoms with van der Waals surface area (Å²) in [5.74, 6) is 0.302. The molecule has 0 heterocycles. The van der Waals surface area contributed by atoms with E-state index in [0.717, 1.165) is 12.0 Å². The molecule has 0 aromatic rings. The van der Waals surface area contributed by atoms with Crippen LogP contribution in [0, 0.1) is 0 Å². The highest BCUT2D eigenvalue weighted by molar-refractivity contribution is 5.94. The van der Waals surface area contributed by atoms with E-state index in [1.165, 1.54) is 6.20 Å². The number of carbonyl (C=O) groups excluding carboxylic acids is 1. The first-order chi connectivity index (χ1) is 7.13. The molecule has 82 valence electrons. The van der Waals surface area contributed by atoms with Gasteiger partial charge in [-0.1, -0.05) is 19.1 Å². The number of allylic oxidation sites excluding steroid dienone is 1. The smallest absolute Gasteiger partial charge is 0.244 e. The Hall–Kier alpha value is -1.71. The van der Waals surface area contributed by atoms with Gasteiger partial charge in [0.05, 0.1) is 6.54 Å². The van der Waals surface area contributed by atoms with E-state index < -0.39 is 0 Å². The Balaban J connectivity index is 4.16. The predicted molar refractivity (Wildman–Crippen MR) is 64.2 cm³/mol. The number of hydrogen-bond donors (Lipinski definition) is 1. The van der Waals surface area contributed by atoms with Gasteiger partial charge in [0, 0.05) is 12.3 Å². The molecule has 0 saturated carbocycles. The molecule has 0 aliphatic heterocycles. The van der Waals surface area contributed by atoms with E-state index in [-0.39, 0.29) is 12.5 Å². The van der Waals surface area contributed by atoms with Gasteiger partial charge in [-0.15, -0.1) is 0 Å². The van der Waals surface area contributed by atoms with Crippen molar-refractivity contribution in [2.75, 3.05) is 6.54 Å². The molecule has 0 radical (unpaired) electrons. The van der Waals surface area contributed by atoms with E-state index in [4.69, 9.17) is 0 Å². The second kappa shape index (κ2) is 7.67. The van der Waals surface area contributed by atoms with Gasteiger partial charge in [-0.3, -0.25) is 4.79 Å². The zero-order chi connectivity index (χ0) is 11.7. The molecular weight excluding hydrogens is 190 g/mol. The van der Waals surface area contributed by atoms with Crippen LogP contribution in [0.1, 0.15) is 20.3 Å². The van der Waals surface area contributed by atoms with E-state index >= 15 is 0 Å². The molecule has 0 rings (SSSR count). The fraction of sp³-hybridized carbons (Fsp3) is 0.364. The summed E-state index contributed by atoms with van der Waals surface area (Å²) in [5.41, 5.74) is 1.03. The number of hydrogen-bond acceptors (Lipinski definition) is 2. The molecular formula is C11H17N3O. The molecule has 0 saturated heterocycles. The van der Waals surface area contributed by atoms with Gasteiger partial charge in [-0.25, -0.2) is 9.98 Å². The third-order valence-electron chi connectivity index (χ3n) is 1.78. The first-order valence-electron chi connectivity index (χ1n) is 4.73. The Labute approximate surface area is 90.5 Å². The number of aliphatic imine (C=N–C) groups is 2. The third-order valence-corrected chi connectivity index (χ3v) is 1.78. The van der Waals surface area contributed by atoms with Crippen molar-refractivity contribution < 1.29 is 4.79 Å². The van der Waals surface area contributed by atoms with Gasteiger partial charge in [-0.2, -0.15) is 0 Å². The van der Waals surface area contributed by atoms with Crippen LogP contribution in [0.3, 0.4) is 0 Å². The van der Waals surface area contributed by atoms with Crippen molar-refractivity contribution in [1.29, 1.82) is 0 Å². The van der Waals surface area contributed by atoms with Crippen LogP contribution in [-0.2, 0) is 4.79 Å². The summed E-state index contributed by atoms with van der Waals surface area (Å²) in [4.78, 5) is 18.8. The summed E-state index contributed by atoms with van der Waals surface area (Å²) < 4.78 is 0. The maximum atomic E-state index is 11.3. The lowest BCUT2D eigenvalue weighted by Gasteiger charge is -2.01. The van der Waals surface area contributed by atoms with Gasteiger partial charge in [0.15, 0.2) is 0 Å². The molecule has 1 amide bonds. The molecule has 1 N–H and O–H groups in total. The molecule has 0 atom stereocenters. The first kappa shape index (κ1) is 13.3. The van der Waals surface area contributed by atoms with E-state index in [9.17, 15) is 4.79 Å². The van der Waals surface area contributed by atoms with Crippen molar-refractivity contribution >= 4 is 18.5 Å². The number of nitrogens with zero attached hydrogens (tertiary/aromatic N) is 2. The monoisotopic (exact) mass is 207 g/mol. The zero-order valence-electron chi connectivity index (χ0n) is 9.29. The maximum Gasteiger partial charge on any atom is 0.244 e. The van der Waals surface area contributed by atoms with Crippen LogP contribution in [0.25, 0.3) is 0 Å². The standard InChI is InChI=1S/C11H17N3O/c1-5-9(3)7-11(15)14-8-10(12-4)13-6-2/h6-7H,2,4-5,8H2,1,3H3,(H,14,15)/b9-7+,13-10-. The van der Waals surface area contributed by atoms with Crippen LogP contribution in [0.4, 0.5) is 0 Å². The van der Waals surface area contributed by atoms with Gasteiger partial charge in [-0.05, 0) is 20.1 Å². The Morgan fingerprint density at radius 2 is 2.20 bits per heavy atom. The van der Waals surface area contributed by atoms with Gasteiger partial charge in [0.1, 0.15) is 5.84 Å². The number of rotatable bonds is 5. The summed E-state index contributed by atoms with van der Waals surface area (Å²) in [6, 6.07) is 0. The predicted octanol–water partition coefficient (Wildman–Crippen LogP) is 1.70. The Morgan fingerprint density at radius 1 is 1.53 bits per heavy atom. The number of amidine groups is 1. The van der Waals surface area contributed by atoms with Crippen molar-refractivity contribution in [2.45, 2.75) is 20.3 Å². The summed E-state index contributed by atoms with van der Waals surface area (Å²) in [6.45, 7) is 10.9. The topological polar surface area (TPSA) is 53.8 Å². The SMILES string of the molecule is C=C/N=C(/CNC(=O)/C=C(\C)CC)N=C. The lowest BCUT2D eigenvalue weighted by molar-refractivity contribution is -0.116. The zero-order valence-corrected chi connectivity index (χ0v) is 9.29. The summed E-state index contributed by atoms with van der Waals surface area (Å²) in [6.07, 6.45) is 3.79. The second-order valence-corrected chi connectivity index (χ2v) is 2.95. The highest BCUT2D eigenvalue weighted by Crippen LogP contribution is 1.96. The number of carbonyl (C=O) groups is 1. The Bertz CT molecular complexity index is 303. The van der Waals surface area contributed by atoms with Crippen molar-refractivity contribution in [1.82, 2.24) is 5.32 Å². The van der Waals surface area contributed by atoms with Crippen LogP contribution in [0.2, 0.25) is 0 Å². The highest BCUT2D eigenvalue weighted by atomic mass is 16.1. The fourth-order valence-electron chi connectivity index (χ4n) is 0.791. The normalized spacial score (nSPS) is 12.1. The summed E-state index contributed by atoms with van der Waals surface area (Å²) >= 11 is 0. The molecule has 0 spiro atoms. The Kier molecular flexibility index (Phi) is 6.80. The molecule has 4 nitrogen and oxygen atoms in total. The average molecular weight is 207 g/mol. The van der Waals surface area contributed by atoms with E-state index in [0.29, 0.717) is 5.84 Å². The molecule has 0 aromatic carbocycles. The Morgan fingerprint density at radius 3 is 2.67 bits per heavy atom. The van der Waals surface area contributed by atoms with Gasteiger partial charge < -0.3 is 5.32 Å². The van der Waals surface area contributed by atoms with Crippen LogP contribution >= 0.6 is 0 Å². The van der Waals surface area contributed by atoms with Crippen LogP contribution in [0.5, 0.6) is 0 Å². The van der Waals surface area contributed by atoms with Gasteiger partial charge in [0.2, 0.25) is 5.91 Å². The lowest BCUT2D eigenvalue weighted by Crippen LogP contribution is -2.27. The molecule has 4 heteroatoms. The maximum absolute atomic E-state index is 11.3. The highest BCUT2D eigenvalue weighted by Gasteiger charge is 1.99. The summed E-state index contributed by atoms with van der Waals surface area (Å²) in [7, 11) is 0. The lowest BCUT2D eigenvalue weighted by atomic mass is 10.2. The van der Waals surface area contributed by atoms with E-state index in [2.05, 4.69) is 28.6 Å². The van der Waals surface area contributed by atoms with Crippen molar-refractivity contribution in [3.8, 4) is 0 Å². The van der Waals surface area contributed by atoms with Crippen LogP contribution < -0.4 is 5.32 Å². The third kappa shape index (κ3) is 6.37. The fourth-order valence-corrected chi connectivity index (χ4v) is 0.791. The minimum absolute atomic E-state index is 0.144. The van der Waals surface area contributed by atoms with Crippen molar-refractivity contribution in [3.05, 3.63) is 24.4 Å². The molecule has 0 aromatic heterocycles. The molecule has 0 aliphatic rings. The summed E-state index contributed by atoms with van der Waals surface area (Å²) in [5, 5.41) is 2.66. The molecule has 15 heavy (non-hydrogen) atoms. The molecule has 0 bridgehead atoms. The minimum Gasteiger partial charge on any atom is -0.345 e. The van der Waals surface area contributed by atoms with Crippen molar-refractivity contribution in [3.63, 3.8) is 0 Å². The quantitative estimate of drug-likeness (QED) is 0.416. The van der Waals surface area contributed by atoms with Crippen LogP contribution in [0.15, 0.2) is 34.4 Å². The van der Waals surface area contributed by atoms with Crippen LogP contribution in [-0.4, -0.2) is 25.0 Å². The average Bonchev–Trinajstić information content (AvgIpc) is 2.23. The largest absolute Gasteiger partial charge is 0.345 e. The first-order valence-corrected chi connectivity index (χ1v) is 4.73.